The first-order valence-corrected chi connectivity index (χ1v) is 7.10. The van der Waals surface area contributed by atoms with E-state index in [0.717, 1.165) is 31.8 Å². The van der Waals surface area contributed by atoms with Gasteiger partial charge in [0.2, 0.25) is 11.7 Å². The molecule has 20 heavy (non-hydrogen) atoms. The van der Waals surface area contributed by atoms with Crippen molar-refractivity contribution in [1.82, 2.24) is 15.5 Å². The second-order valence-electron chi connectivity index (χ2n) is 5.47. The molecular weight excluding hydrogens is 254 g/mol. The highest BCUT2D eigenvalue weighted by Crippen LogP contribution is 2.52. The van der Waals surface area contributed by atoms with Crippen molar-refractivity contribution < 1.29 is 9.26 Å². The molecule has 104 valence electrons. The summed E-state index contributed by atoms with van der Waals surface area (Å²) in [5.74, 6) is 1.39. The fourth-order valence-electron chi connectivity index (χ4n) is 2.80. The Hall–Kier alpha value is -1.72. The van der Waals surface area contributed by atoms with Gasteiger partial charge in [0.05, 0.1) is 12.0 Å². The summed E-state index contributed by atoms with van der Waals surface area (Å²) in [4.78, 5) is 4.60. The summed E-state index contributed by atoms with van der Waals surface area (Å²) in [6, 6.07) is 10.4. The lowest BCUT2D eigenvalue weighted by molar-refractivity contribution is 0.0208. The van der Waals surface area contributed by atoms with Crippen molar-refractivity contribution in [1.29, 1.82) is 0 Å². The van der Waals surface area contributed by atoms with E-state index in [4.69, 9.17) is 9.26 Å². The fourth-order valence-corrected chi connectivity index (χ4v) is 2.80. The number of morpholine rings is 1. The molecule has 1 N–H and O–H groups in total. The molecule has 1 aromatic heterocycles. The van der Waals surface area contributed by atoms with Crippen molar-refractivity contribution in [2.45, 2.75) is 24.4 Å². The van der Waals surface area contributed by atoms with Gasteiger partial charge in [-0.05, 0) is 18.4 Å². The van der Waals surface area contributed by atoms with Gasteiger partial charge in [-0.1, -0.05) is 35.5 Å². The predicted octanol–water partition coefficient (Wildman–Crippen LogP) is 1.81. The van der Waals surface area contributed by atoms with Gasteiger partial charge in [0.1, 0.15) is 6.10 Å². The maximum absolute atomic E-state index is 5.67. The van der Waals surface area contributed by atoms with Crippen molar-refractivity contribution in [2.24, 2.45) is 0 Å². The van der Waals surface area contributed by atoms with Crippen LogP contribution >= 0.6 is 0 Å². The van der Waals surface area contributed by atoms with E-state index in [0.29, 0.717) is 12.4 Å². The molecule has 1 saturated carbocycles. The van der Waals surface area contributed by atoms with Crippen molar-refractivity contribution in [2.75, 3.05) is 19.7 Å². The minimum atomic E-state index is -0.0900. The van der Waals surface area contributed by atoms with E-state index in [1.165, 1.54) is 5.56 Å². The second-order valence-corrected chi connectivity index (χ2v) is 5.47. The third-order valence-corrected chi connectivity index (χ3v) is 4.14. The van der Waals surface area contributed by atoms with Crippen LogP contribution in [0.15, 0.2) is 34.9 Å². The maximum Gasteiger partial charge on any atom is 0.237 e. The average molecular weight is 271 g/mol. The van der Waals surface area contributed by atoms with Crippen LogP contribution in [0.5, 0.6) is 0 Å². The largest absolute Gasteiger partial charge is 0.367 e. The second kappa shape index (κ2) is 4.68. The molecule has 0 spiro atoms. The number of hydrogen-bond acceptors (Lipinski definition) is 5. The van der Waals surface area contributed by atoms with E-state index < -0.39 is 0 Å². The Labute approximate surface area is 117 Å². The number of hydrogen-bond donors (Lipinski definition) is 1. The molecule has 1 unspecified atom stereocenters. The Morgan fingerprint density at radius 3 is 2.75 bits per heavy atom. The number of nitrogens with one attached hydrogen (secondary N) is 1. The Bertz CT molecular complexity index is 586. The van der Waals surface area contributed by atoms with Crippen LogP contribution in [-0.2, 0) is 10.2 Å². The van der Waals surface area contributed by atoms with E-state index >= 15 is 0 Å². The molecular formula is C15H17N3O2. The Balaban J connectivity index is 1.62. The van der Waals surface area contributed by atoms with Crippen molar-refractivity contribution >= 4 is 0 Å². The number of aromatic nitrogens is 2. The molecule has 2 aromatic rings. The highest BCUT2D eigenvalue weighted by Gasteiger charge is 2.51. The lowest BCUT2D eigenvalue weighted by Gasteiger charge is -2.20. The molecule has 1 aliphatic heterocycles. The molecule has 0 bridgehead atoms. The number of benzene rings is 1. The van der Waals surface area contributed by atoms with E-state index in [-0.39, 0.29) is 11.5 Å². The molecule has 5 heteroatoms. The lowest BCUT2D eigenvalue weighted by atomic mass is 9.96. The Morgan fingerprint density at radius 2 is 2.05 bits per heavy atom. The normalized spacial score (nSPS) is 24.5. The highest BCUT2D eigenvalue weighted by atomic mass is 16.5. The average Bonchev–Trinajstić information content (AvgIpc) is 3.19. The van der Waals surface area contributed by atoms with Crippen LogP contribution in [0.2, 0.25) is 0 Å². The van der Waals surface area contributed by atoms with Crippen LogP contribution in [0.25, 0.3) is 0 Å². The van der Waals surface area contributed by atoms with Gasteiger partial charge in [0.25, 0.3) is 0 Å². The summed E-state index contributed by atoms with van der Waals surface area (Å²) in [5, 5.41) is 7.40. The molecule has 4 rings (SSSR count). The lowest BCUT2D eigenvalue weighted by Crippen LogP contribution is -2.33. The van der Waals surface area contributed by atoms with E-state index in [9.17, 15) is 0 Å². The number of nitrogens with zero attached hydrogens (tertiary/aromatic N) is 2. The van der Waals surface area contributed by atoms with Gasteiger partial charge in [-0.2, -0.15) is 4.98 Å². The van der Waals surface area contributed by atoms with Crippen LogP contribution in [0.3, 0.4) is 0 Å². The molecule has 1 atom stereocenters. The quantitative estimate of drug-likeness (QED) is 0.922. The summed E-state index contributed by atoms with van der Waals surface area (Å²) in [6.45, 7) is 2.32. The molecule has 0 amide bonds. The van der Waals surface area contributed by atoms with E-state index in [1.54, 1.807) is 0 Å². The Kier molecular flexibility index (Phi) is 2.82. The molecule has 1 saturated heterocycles. The van der Waals surface area contributed by atoms with Crippen LogP contribution in [0.1, 0.15) is 36.2 Å². The van der Waals surface area contributed by atoms with Crippen molar-refractivity contribution in [3.8, 4) is 0 Å². The fraction of sp³-hybridized carbons (Fsp3) is 0.467. The SMILES string of the molecule is c1ccc(C2(c3nc(C4CNCCO4)no3)CC2)cc1. The molecule has 5 nitrogen and oxygen atoms in total. The monoisotopic (exact) mass is 271 g/mol. The van der Waals surface area contributed by atoms with Gasteiger partial charge in [0.15, 0.2) is 0 Å². The molecule has 1 aliphatic carbocycles. The zero-order valence-electron chi connectivity index (χ0n) is 11.2. The highest BCUT2D eigenvalue weighted by molar-refractivity contribution is 5.38. The minimum Gasteiger partial charge on any atom is -0.367 e. The van der Waals surface area contributed by atoms with Crippen molar-refractivity contribution in [3.05, 3.63) is 47.6 Å². The minimum absolute atomic E-state index is 0.0609. The van der Waals surface area contributed by atoms with E-state index in [1.807, 2.05) is 6.07 Å². The summed E-state index contributed by atoms with van der Waals surface area (Å²) in [7, 11) is 0. The van der Waals surface area contributed by atoms with Crippen LogP contribution in [-0.4, -0.2) is 29.8 Å². The van der Waals surface area contributed by atoms with Crippen LogP contribution in [0, 0.1) is 0 Å². The van der Waals surface area contributed by atoms with E-state index in [2.05, 4.69) is 39.7 Å². The van der Waals surface area contributed by atoms with Gasteiger partial charge in [0, 0.05) is 13.1 Å². The number of rotatable bonds is 3. The molecule has 2 fully saturated rings. The summed E-state index contributed by atoms with van der Waals surface area (Å²) in [5.41, 5.74) is 1.20. The van der Waals surface area contributed by atoms with Crippen LogP contribution in [0.4, 0.5) is 0 Å². The van der Waals surface area contributed by atoms with Crippen LogP contribution < -0.4 is 5.32 Å². The maximum atomic E-state index is 5.67. The standard InChI is InChI=1S/C15H17N3O2/c1-2-4-11(5-3-1)15(6-7-15)14-17-13(18-20-14)12-10-16-8-9-19-12/h1-5,12,16H,6-10H2. The first-order valence-electron chi connectivity index (χ1n) is 7.10. The molecule has 1 aromatic carbocycles. The van der Waals surface area contributed by atoms with Gasteiger partial charge in [-0.15, -0.1) is 0 Å². The topological polar surface area (TPSA) is 60.2 Å². The number of ether oxygens (including phenoxy) is 1. The van der Waals surface area contributed by atoms with Gasteiger partial charge in [-0.25, -0.2) is 0 Å². The summed E-state index contributed by atoms with van der Waals surface area (Å²) < 4.78 is 11.2. The summed E-state index contributed by atoms with van der Waals surface area (Å²) in [6.07, 6.45) is 2.05. The van der Waals surface area contributed by atoms with Gasteiger partial charge in [-0.3, -0.25) is 0 Å². The zero-order valence-corrected chi connectivity index (χ0v) is 11.2. The summed E-state index contributed by atoms with van der Waals surface area (Å²) >= 11 is 0. The third-order valence-electron chi connectivity index (χ3n) is 4.14. The first-order chi connectivity index (χ1) is 9.88. The smallest absolute Gasteiger partial charge is 0.237 e. The van der Waals surface area contributed by atoms with Crippen molar-refractivity contribution in [3.63, 3.8) is 0 Å². The molecule has 2 aliphatic rings. The zero-order chi connectivity index (χ0) is 13.4. The third kappa shape index (κ3) is 1.94. The molecule has 0 radical (unpaired) electrons. The molecule has 2 heterocycles. The predicted molar refractivity (Wildman–Crippen MR) is 72.3 cm³/mol. The Morgan fingerprint density at radius 1 is 1.20 bits per heavy atom. The van der Waals surface area contributed by atoms with Gasteiger partial charge >= 0.3 is 0 Å². The van der Waals surface area contributed by atoms with Gasteiger partial charge < -0.3 is 14.6 Å². The first kappa shape index (κ1) is 12.1.